The van der Waals surface area contributed by atoms with E-state index in [9.17, 15) is 9.59 Å². The average Bonchev–Trinajstić information content (AvgIpc) is 2.07. The zero-order chi connectivity index (χ0) is 10.2. The summed E-state index contributed by atoms with van der Waals surface area (Å²) in [5, 5.41) is 0. The smallest absolute Gasteiger partial charge is 0.300 e. The second-order valence-corrected chi connectivity index (χ2v) is 4.79. The lowest BCUT2D eigenvalue weighted by molar-refractivity contribution is 0.655. The topological polar surface area (TPSA) is 44.0 Å². The van der Waals surface area contributed by atoms with Crippen molar-refractivity contribution in [1.82, 2.24) is 9.13 Å². The summed E-state index contributed by atoms with van der Waals surface area (Å²) in [5.74, 6) is 0. The fourth-order valence-electron chi connectivity index (χ4n) is 1.13. The maximum Gasteiger partial charge on any atom is 0.330 e. The van der Waals surface area contributed by atoms with Gasteiger partial charge < -0.3 is 0 Å². The van der Waals surface area contributed by atoms with E-state index in [0.29, 0.717) is 0 Å². The van der Waals surface area contributed by atoms with Gasteiger partial charge in [0.15, 0.2) is 0 Å². The summed E-state index contributed by atoms with van der Waals surface area (Å²) in [6.07, 6.45) is 0. The van der Waals surface area contributed by atoms with Gasteiger partial charge >= 0.3 is 5.69 Å². The molecule has 1 heterocycles. The molecule has 0 aliphatic rings. The van der Waals surface area contributed by atoms with E-state index < -0.39 is 0 Å². The number of halogens is 1. The maximum absolute atomic E-state index is 11.4. The second kappa shape index (κ2) is 3.65. The van der Waals surface area contributed by atoms with Crippen molar-refractivity contribution in [3.8, 4) is 0 Å². The van der Waals surface area contributed by atoms with Crippen molar-refractivity contribution in [2.24, 2.45) is 14.1 Å². The Labute approximate surface area is 89.3 Å². The molecule has 0 fully saturated rings. The normalized spacial score (nSPS) is 12.9. The van der Waals surface area contributed by atoms with Gasteiger partial charge in [0.2, 0.25) is 0 Å². The Morgan fingerprint density at radius 2 is 1.85 bits per heavy atom. The molecule has 0 aliphatic carbocycles. The van der Waals surface area contributed by atoms with Crippen LogP contribution in [0.25, 0.3) is 0 Å². The molecule has 1 atom stereocenters. The van der Waals surface area contributed by atoms with E-state index in [4.69, 9.17) is 0 Å². The Hall–Kier alpha value is -0.590. The standard InChI is InChI=1S/C8H11IN2O2/c1-5(9)6-4-7(12)11(3)8(13)10(6)2/h4-5H,1-3H3. The molecule has 1 aromatic rings. The summed E-state index contributed by atoms with van der Waals surface area (Å²) in [7, 11) is 3.15. The molecule has 0 aromatic carbocycles. The number of hydrogen-bond acceptors (Lipinski definition) is 2. The first-order valence-corrected chi connectivity index (χ1v) is 5.10. The molecule has 1 rings (SSSR count). The van der Waals surface area contributed by atoms with Gasteiger partial charge in [0.1, 0.15) is 0 Å². The highest BCUT2D eigenvalue weighted by Gasteiger charge is 2.09. The van der Waals surface area contributed by atoms with E-state index in [0.717, 1.165) is 10.3 Å². The van der Waals surface area contributed by atoms with Gasteiger partial charge in [0.05, 0.1) is 0 Å². The van der Waals surface area contributed by atoms with Crippen molar-refractivity contribution in [2.45, 2.75) is 10.8 Å². The summed E-state index contributed by atoms with van der Waals surface area (Å²) in [5.41, 5.74) is 0.237. The van der Waals surface area contributed by atoms with Gasteiger partial charge in [-0.15, -0.1) is 0 Å². The van der Waals surface area contributed by atoms with Gasteiger partial charge in [0.25, 0.3) is 5.56 Å². The molecule has 0 spiro atoms. The van der Waals surface area contributed by atoms with Crippen LogP contribution in [0.1, 0.15) is 16.5 Å². The number of alkyl halides is 1. The molecule has 0 saturated heterocycles. The molecular weight excluding hydrogens is 283 g/mol. The first kappa shape index (κ1) is 10.5. The van der Waals surface area contributed by atoms with Crippen molar-refractivity contribution < 1.29 is 0 Å². The molecule has 13 heavy (non-hydrogen) atoms. The number of hydrogen-bond donors (Lipinski definition) is 0. The Kier molecular flexibility index (Phi) is 2.94. The highest BCUT2D eigenvalue weighted by molar-refractivity contribution is 14.1. The van der Waals surface area contributed by atoms with Crippen LogP contribution in [-0.4, -0.2) is 9.13 Å². The van der Waals surface area contributed by atoms with Crippen LogP contribution in [0.5, 0.6) is 0 Å². The SMILES string of the molecule is CC(I)c1cc(=O)n(C)c(=O)n1C. The van der Waals surface area contributed by atoms with E-state index in [-0.39, 0.29) is 15.2 Å². The van der Waals surface area contributed by atoms with Crippen molar-refractivity contribution in [1.29, 1.82) is 0 Å². The van der Waals surface area contributed by atoms with Crippen LogP contribution in [0.3, 0.4) is 0 Å². The van der Waals surface area contributed by atoms with Crippen molar-refractivity contribution in [3.05, 3.63) is 32.6 Å². The molecule has 72 valence electrons. The third kappa shape index (κ3) is 1.84. The number of aromatic nitrogens is 2. The monoisotopic (exact) mass is 294 g/mol. The van der Waals surface area contributed by atoms with Gasteiger partial charge in [-0.3, -0.25) is 13.9 Å². The predicted octanol–water partition coefficient (Wildman–Crippen LogP) is 0.580. The van der Waals surface area contributed by atoms with E-state index >= 15 is 0 Å². The van der Waals surface area contributed by atoms with Gasteiger partial charge in [-0.05, 0) is 6.92 Å². The zero-order valence-electron chi connectivity index (χ0n) is 7.74. The van der Waals surface area contributed by atoms with E-state index in [1.54, 1.807) is 7.05 Å². The number of nitrogens with zero attached hydrogens (tertiary/aromatic N) is 2. The fourth-order valence-corrected chi connectivity index (χ4v) is 1.73. The third-order valence-corrected chi connectivity index (χ3v) is 2.61. The Bertz CT molecular complexity index is 431. The molecule has 0 saturated carbocycles. The summed E-state index contributed by atoms with van der Waals surface area (Å²) >= 11 is 2.17. The minimum atomic E-state index is -0.272. The maximum atomic E-state index is 11.4. The lowest BCUT2D eigenvalue weighted by Gasteiger charge is -2.10. The first-order valence-electron chi connectivity index (χ1n) is 3.86. The highest BCUT2D eigenvalue weighted by Crippen LogP contribution is 2.18. The van der Waals surface area contributed by atoms with Gasteiger partial charge in [0, 0.05) is 29.8 Å². The molecule has 0 radical (unpaired) electrons. The lowest BCUT2D eigenvalue weighted by Crippen LogP contribution is -2.38. The van der Waals surface area contributed by atoms with Gasteiger partial charge in [-0.1, -0.05) is 22.6 Å². The largest absolute Gasteiger partial charge is 0.330 e. The van der Waals surface area contributed by atoms with E-state index in [1.807, 2.05) is 6.92 Å². The lowest BCUT2D eigenvalue weighted by atomic mass is 10.3. The fraction of sp³-hybridized carbons (Fsp3) is 0.500. The minimum Gasteiger partial charge on any atom is -0.300 e. The summed E-state index contributed by atoms with van der Waals surface area (Å²) in [6.45, 7) is 1.94. The second-order valence-electron chi connectivity index (χ2n) is 2.92. The molecule has 0 aliphatic heterocycles. The van der Waals surface area contributed by atoms with Gasteiger partial charge in [-0.2, -0.15) is 0 Å². The van der Waals surface area contributed by atoms with Crippen LogP contribution in [0.4, 0.5) is 0 Å². The predicted molar refractivity (Wildman–Crippen MR) is 59.4 cm³/mol. The minimum absolute atomic E-state index is 0.157. The van der Waals surface area contributed by atoms with Crippen molar-refractivity contribution >= 4 is 22.6 Å². The third-order valence-electron chi connectivity index (χ3n) is 1.97. The van der Waals surface area contributed by atoms with Crippen LogP contribution in [0, 0.1) is 0 Å². The van der Waals surface area contributed by atoms with E-state index in [2.05, 4.69) is 22.6 Å². The Morgan fingerprint density at radius 1 is 1.31 bits per heavy atom. The van der Waals surface area contributed by atoms with Crippen LogP contribution in [0.15, 0.2) is 15.7 Å². The van der Waals surface area contributed by atoms with Crippen molar-refractivity contribution in [2.75, 3.05) is 0 Å². The average molecular weight is 294 g/mol. The first-order chi connectivity index (χ1) is 5.95. The molecule has 0 amide bonds. The van der Waals surface area contributed by atoms with Crippen molar-refractivity contribution in [3.63, 3.8) is 0 Å². The summed E-state index contributed by atoms with van der Waals surface area (Å²) in [4.78, 5) is 22.7. The number of rotatable bonds is 1. The van der Waals surface area contributed by atoms with Crippen LogP contribution < -0.4 is 11.2 Å². The highest BCUT2D eigenvalue weighted by atomic mass is 127. The van der Waals surface area contributed by atoms with E-state index in [1.165, 1.54) is 17.7 Å². The Balaban J connectivity index is 3.60. The van der Waals surface area contributed by atoms with Gasteiger partial charge in [-0.25, -0.2) is 4.79 Å². The zero-order valence-corrected chi connectivity index (χ0v) is 9.90. The van der Waals surface area contributed by atoms with Crippen LogP contribution >= 0.6 is 22.6 Å². The Morgan fingerprint density at radius 3 is 2.31 bits per heavy atom. The molecule has 1 aromatic heterocycles. The molecule has 1 unspecified atom stereocenters. The molecular formula is C8H11IN2O2. The quantitative estimate of drug-likeness (QED) is 0.562. The molecule has 4 nitrogen and oxygen atoms in total. The summed E-state index contributed by atoms with van der Waals surface area (Å²) in [6, 6.07) is 1.50. The summed E-state index contributed by atoms with van der Waals surface area (Å²) < 4.78 is 2.75. The molecule has 5 heteroatoms. The molecule has 0 bridgehead atoms. The van der Waals surface area contributed by atoms with Crippen LogP contribution in [-0.2, 0) is 14.1 Å². The molecule has 0 N–H and O–H groups in total. The van der Waals surface area contributed by atoms with Crippen LogP contribution in [0.2, 0.25) is 0 Å².